The van der Waals surface area contributed by atoms with Crippen LogP contribution in [0.5, 0.6) is 0 Å². The number of benzene rings is 7. The Morgan fingerprint density at radius 1 is 0.405 bits per heavy atom. The number of rotatable bonds is 4. The molecule has 0 atom stereocenters. The van der Waals surface area contributed by atoms with Gasteiger partial charge in [-0.2, -0.15) is 0 Å². The van der Waals surface area contributed by atoms with Crippen molar-refractivity contribution in [3.05, 3.63) is 158 Å². The monoisotopic (exact) mass is 555 g/mol. The Kier molecular flexibility index (Phi) is 5.77. The van der Waals surface area contributed by atoms with Gasteiger partial charge in [0.05, 0.1) is 11.2 Å². The zero-order chi connectivity index (χ0) is 28.1. The number of fused-ring (bicyclic) bond motifs is 5. The molecule has 7 aromatic carbocycles. The molecule has 8 rings (SSSR count). The molecular weight excluding hydrogens is 529 g/mol. The van der Waals surface area contributed by atoms with Gasteiger partial charge in [0.2, 0.25) is 0 Å². The second-order valence-electron chi connectivity index (χ2n) is 10.7. The predicted octanol–water partition coefficient (Wildman–Crippen LogP) is 9.00. The van der Waals surface area contributed by atoms with Crippen molar-refractivity contribution in [3.8, 4) is 11.3 Å². The topological polar surface area (TPSA) is 30.0 Å². The largest absolute Gasteiger partial charge is 0.309 e. The van der Waals surface area contributed by atoms with Gasteiger partial charge in [0, 0.05) is 32.2 Å². The molecule has 0 radical (unpaired) electrons. The maximum absolute atomic E-state index is 15.8. The summed E-state index contributed by atoms with van der Waals surface area (Å²) in [6.07, 6.45) is 0. The summed E-state index contributed by atoms with van der Waals surface area (Å²) in [5.41, 5.74) is 2.96. The molecule has 3 heteroatoms. The summed E-state index contributed by atoms with van der Waals surface area (Å²) in [6.45, 7) is 0. The van der Waals surface area contributed by atoms with E-state index in [4.69, 9.17) is 4.98 Å². The minimum atomic E-state index is -3.27. The maximum atomic E-state index is 15.8. The van der Waals surface area contributed by atoms with Crippen molar-refractivity contribution in [2.45, 2.75) is 0 Å². The van der Waals surface area contributed by atoms with Crippen LogP contribution in [0.1, 0.15) is 0 Å². The first-order valence-electron chi connectivity index (χ1n) is 14.2. The van der Waals surface area contributed by atoms with Crippen molar-refractivity contribution < 1.29 is 4.57 Å². The Labute approximate surface area is 244 Å². The number of nitrogens with zero attached hydrogens (tertiary/aromatic N) is 1. The lowest BCUT2D eigenvalue weighted by atomic mass is 9.94. The van der Waals surface area contributed by atoms with Gasteiger partial charge in [-0.3, -0.25) is 0 Å². The van der Waals surface area contributed by atoms with Crippen molar-refractivity contribution in [3.63, 3.8) is 0 Å². The van der Waals surface area contributed by atoms with E-state index >= 15 is 4.57 Å². The van der Waals surface area contributed by atoms with E-state index in [1.807, 2.05) is 72.8 Å². The summed E-state index contributed by atoms with van der Waals surface area (Å²) in [5.74, 6) is 0. The zero-order valence-electron chi connectivity index (χ0n) is 22.8. The highest BCUT2D eigenvalue weighted by atomic mass is 31.2. The molecule has 0 N–H and O–H groups in total. The highest BCUT2D eigenvalue weighted by molar-refractivity contribution is 7.86. The number of hydrogen-bond acceptors (Lipinski definition) is 2. The molecule has 0 saturated heterocycles. The van der Waals surface area contributed by atoms with Crippen LogP contribution < -0.4 is 15.9 Å². The lowest BCUT2D eigenvalue weighted by Gasteiger charge is -2.25. The Morgan fingerprint density at radius 3 is 1.45 bits per heavy atom. The average Bonchev–Trinajstić information content (AvgIpc) is 3.07. The van der Waals surface area contributed by atoms with Crippen LogP contribution in [0.4, 0.5) is 0 Å². The van der Waals surface area contributed by atoms with E-state index in [0.717, 1.165) is 65.0 Å². The maximum Gasteiger partial charge on any atom is 0.172 e. The first-order valence-corrected chi connectivity index (χ1v) is 15.9. The minimum Gasteiger partial charge on any atom is -0.309 e. The van der Waals surface area contributed by atoms with Gasteiger partial charge in [0.25, 0.3) is 0 Å². The number of aromatic nitrogens is 1. The minimum absolute atomic E-state index is 0.828. The highest BCUT2D eigenvalue weighted by Crippen LogP contribution is 2.49. The normalized spacial score (nSPS) is 11.9. The summed E-state index contributed by atoms with van der Waals surface area (Å²) >= 11 is 0. The van der Waals surface area contributed by atoms with E-state index < -0.39 is 7.14 Å². The molecule has 0 aliphatic heterocycles. The standard InChI is InChI=1S/C39H26NOP/c41-42(29-14-3-1-4-15-29,30-16-5-2-6-17-30)39-34-21-11-9-19-32(34)37(33-20-10-12-22-35(33)39)36-26-25-28-24-23-27-13-7-8-18-31(27)38(28)40-36/h1-26H. The van der Waals surface area contributed by atoms with Crippen LogP contribution in [0.15, 0.2) is 158 Å². The van der Waals surface area contributed by atoms with Crippen LogP contribution >= 0.6 is 7.14 Å². The van der Waals surface area contributed by atoms with Gasteiger partial charge >= 0.3 is 0 Å². The number of hydrogen-bond donors (Lipinski definition) is 0. The summed E-state index contributed by atoms with van der Waals surface area (Å²) in [6, 6.07) is 53.6. The molecule has 0 aliphatic rings. The second-order valence-corrected chi connectivity index (χ2v) is 13.3. The van der Waals surface area contributed by atoms with Crippen LogP contribution in [-0.4, -0.2) is 4.98 Å². The van der Waals surface area contributed by atoms with Crippen LogP contribution in [0.25, 0.3) is 54.5 Å². The van der Waals surface area contributed by atoms with Crippen LogP contribution in [0.2, 0.25) is 0 Å². The molecule has 0 fully saturated rings. The van der Waals surface area contributed by atoms with E-state index in [2.05, 4.69) is 84.9 Å². The van der Waals surface area contributed by atoms with E-state index in [0.29, 0.717) is 0 Å². The summed E-state index contributed by atoms with van der Waals surface area (Å²) in [7, 11) is -3.27. The quantitative estimate of drug-likeness (QED) is 0.123. The van der Waals surface area contributed by atoms with E-state index in [1.165, 1.54) is 5.39 Å². The molecule has 1 heterocycles. The van der Waals surface area contributed by atoms with Crippen LogP contribution in [0.3, 0.4) is 0 Å². The van der Waals surface area contributed by atoms with Crippen molar-refractivity contribution in [1.82, 2.24) is 4.98 Å². The second kappa shape index (κ2) is 9.80. The van der Waals surface area contributed by atoms with E-state index in [-0.39, 0.29) is 0 Å². The molecule has 2 nitrogen and oxygen atoms in total. The van der Waals surface area contributed by atoms with Crippen molar-refractivity contribution >= 4 is 66.3 Å². The summed E-state index contributed by atoms with van der Waals surface area (Å²) in [5, 5.41) is 10.0. The fraction of sp³-hybridized carbons (Fsp3) is 0. The fourth-order valence-electron chi connectivity index (χ4n) is 6.40. The van der Waals surface area contributed by atoms with Gasteiger partial charge in [0.15, 0.2) is 7.14 Å². The van der Waals surface area contributed by atoms with Crippen LogP contribution in [0, 0.1) is 0 Å². The first kappa shape index (κ1) is 24.7. The van der Waals surface area contributed by atoms with E-state index in [1.54, 1.807) is 0 Å². The molecule has 0 bridgehead atoms. The molecule has 1 aromatic heterocycles. The third-order valence-electron chi connectivity index (χ3n) is 8.30. The van der Waals surface area contributed by atoms with Crippen molar-refractivity contribution in [1.29, 1.82) is 0 Å². The predicted molar refractivity (Wildman–Crippen MR) is 179 cm³/mol. The molecule has 0 aliphatic carbocycles. The summed E-state index contributed by atoms with van der Waals surface area (Å²) in [4.78, 5) is 5.31. The molecule has 8 aromatic rings. The highest BCUT2D eigenvalue weighted by Gasteiger charge is 2.34. The van der Waals surface area contributed by atoms with Gasteiger partial charge in [-0.15, -0.1) is 0 Å². The zero-order valence-corrected chi connectivity index (χ0v) is 23.7. The third kappa shape index (κ3) is 3.73. The third-order valence-corrected chi connectivity index (χ3v) is 11.5. The SMILES string of the molecule is O=P(c1ccccc1)(c1ccccc1)c1c2ccccc2c(-c2ccc3ccc4ccccc4c3n2)c2ccccc12. The fourth-order valence-corrected chi connectivity index (χ4v) is 9.47. The van der Waals surface area contributed by atoms with Crippen molar-refractivity contribution in [2.75, 3.05) is 0 Å². The van der Waals surface area contributed by atoms with Crippen LogP contribution in [-0.2, 0) is 4.57 Å². The Hall–Kier alpha value is -5.04. The summed E-state index contributed by atoms with van der Waals surface area (Å²) < 4.78 is 15.8. The van der Waals surface area contributed by atoms with Gasteiger partial charge in [-0.25, -0.2) is 4.98 Å². The molecule has 0 saturated carbocycles. The van der Waals surface area contributed by atoms with Crippen molar-refractivity contribution in [2.24, 2.45) is 0 Å². The molecule has 0 spiro atoms. The molecular formula is C39H26NOP. The van der Waals surface area contributed by atoms with Gasteiger partial charge < -0.3 is 4.57 Å². The first-order chi connectivity index (χ1) is 20.7. The average molecular weight is 556 g/mol. The van der Waals surface area contributed by atoms with Gasteiger partial charge in [0.1, 0.15) is 0 Å². The molecule has 42 heavy (non-hydrogen) atoms. The molecule has 0 amide bonds. The lowest BCUT2D eigenvalue weighted by molar-refractivity contribution is 0.593. The Bertz CT molecular complexity index is 2230. The number of pyridine rings is 1. The Balaban J connectivity index is 1.52. The lowest BCUT2D eigenvalue weighted by Crippen LogP contribution is -2.26. The van der Waals surface area contributed by atoms with Gasteiger partial charge in [-0.05, 0) is 33.0 Å². The Morgan fingerprint density at radius 2 is 0.857 bits per heavy atom. The molecule has 0 unspecified atom stereocenters. The van der Waals surface area contributed by atoms with E-state index in [9.17, 15) is 0 Å². The molecule has 198 valence electrons. The smallest absolute Gasteiger partial charge is 0.172 e. The van der Waals surface area contributed by atoms with Gasteiger partial charge in [-0.1, -0.05) is 152 Å².